The minimum absolute atomic E-state index is 0.360. The Morgan fingerprint density at radius 2 is 1.62 bits per heavy atom. The van der Waals surface area contributed by atoms with Crippen molar-refractivity contribution in [3.05, 3.63) is 30.3 Å². The van der Waals surface area contributed by atoms with Gasteiger partial charge in [0.2, 0.25) is 0 Å². The van der Waals surface area contributed by atoms with Gasteiger partial charge in [0, 0.05) is 16.6 Å². The molecule has 0 unspecified atom stereocenters. The maximum atomic E-state index is 5.67. The van der Waals surface area contributed by atoms with Crippen molar-refractivity contribution in [3.63, 3.8) is 0 Å². The number of hydrogen-bond donors (Lipinski definition) is 3. The molecule has 5 nitrogen and oxygen atoms in total. The van der Waals surface area contributed by atoms with E-state index in [-0.39, 0.29) is 0 Å². The van der Waals surface area contributed by atoms with Crippen LogP contribution in [0.5, 0.6) is 0 Å². The molecule has 16 heavy (non-hydrogen) atoms. The molecule has 1 aromatic carbocycles. The summed E-state index contributed by atoms with van der Waals surface area (Å²) in [7, 11) is 0. The van der Waals surface area contributed by atoms with E-state index in [9.17, 15) is 0 Å². The molecule has 0 amide bonds. The molecule has 0 saturated heterocycles. The van der Waals surface area contributed by atoms with Crippen LogP contribution in [0.4, 0.5) is 17.3 Å². The van der Waals surface area contributed by atoms with Gasteiger partial charge in [-0.1, -0.05) is 6.07 Å². The summed E-state index contributed by atoms with van der Waals surface area (Å²) in [5.41, 5.74) is 17.5. The van der Waals surface area contributed by atoms with E-state index in [0.717, 1.165) is 4.90 Å². The maximum Gasteiger partial charge on any atom is 0.196 e. The Morgan fingerprint density at radius 3 is 2.25 bits per heavy atom. The van der Waals surface area contributed by atoms with Crippen LogP contribution in [0, 0.1) is 0 Å². The summed E-state index contributed by atoms with van der Waals surface area (Å²) >= 11 is 1.37. The van der Waals surface area contributed by atoms with Crippen molar-refractivity contribution in [3.8, 4) is 0 Å². The normalized spacial score (nSPS) is 10.2. The first-order chi connectivity index (χ1) is 7.63. The third-order valence-corrected chi connectivity index (χ3v) is 2.67. The highest BCUT2D eigenvalue weighted by Crippen LogP contribution is 2.26. The molecule has 0 bridgehead atoms. The van der Waals surface area contributed by atoms with Crippen LogP contribution >= 0.6 is 11.8 Å². The standard InChI is InChI=1S/C10H11N5S/c11-6-2-1-3-7(4-6)16-10-14-8(12)5-9(13)15-10/h1-5H,11H2,(H4,12,13,14,15). The first kappa shape index (κ1) is 10.6. The number of aromatic nitrogens is 2. The fourth-order valence-corrected chi connectivity index (χ4v) is 2.05. The molecule has 0 radical (unpaired) electrons. The van der Waals surface area contributed by atoms with Crippen molar-refractivity contribution < 1.29 is 0 Å². The lowest BCUT2D eigenvalue weighted by molar-refractivity contribution is 0.984. The zero-order valence-electron chi connectivity index (χ0n) is 8.42. The van der Waals surface area contributed by atoms with Crippen LogP contribution in [0.2, 0.25) is 0 Å². The van der Waals surface area contributed by atoms with Crippen LogP contribution < -0.4 is 17.2 Å². The third-order valence-electron chi connectivity index (χ3n) is 1.81. The Morgan fingerprint density at radius 1 is 0.938 bits per heavy atom. The maximum absolute atomic E-state index is 5.67. The lowest BCUT2D eigenvalue weighted by atomic mass is 10.3. The summed E-state index contributed by atoms with van der Waals surface area (Å²) in [5, 5.41) is 0.517. The van der Waals surface area contributed by atoms with Gasteiger partial charge in [-0.05, 0) is 30.0 Å². The number of benzene rings is 1. The predicted octanol–water partition coefficient (Wildman–Crippen LogP) is 1.37. The van der Waals surface area contributed by atoms with Gasteiger partial charge in [0.15, 0.2) is 5.16 Å². The topological polar surface area (TPSA) is 104 Å². The van der Waals surface area contributed by atoms with Gasteiger partial charge < -0.3 is 17.2 Å². The van der Waals surface area contributed by atoms with Crippen molar-refractivity contribution >= 4 is 29.1 Å². The Balaban J connectivity index is 2.27. The van der Waals surface area contributed by atoms with E-state index < -0.39 is 0 Å². The number of nitrogens with two attached hydrogens (primary N) is 3. The average molecular weight is 233 g/mol. The first-order valence-corrected chi connectivity index (χ1v) is 5.38. The molecular weight excluding hydrogens is 222 g/mol. The van der Waals surface area contributed by atoms with Gasteiger partial charge in [0.05, 0.1) is 0 Å². The second-order valence-electron chi connectivity index (χ2n) is 3.17. The number of nitrogens with zero attached hydrogens (tertiary/aromatic N) is 2. The van der Waals surface area contributed by atoms with E-state index in [1.54, 1.807) is 0 Å². The number of nitrogen functional groups attached to an aromatic ring is 3. The van der Waals surface area contributed by atoms with E-state index in [2.05, 4.69) is 9.97 Å². The SMILES string of the molecule is Nc1cccc(Sc2nc(N)cc(N)n2)c1. The Labute approximate surface area is 97.1 Å². The van der Waals surface area contributed by atoms with Gasteiger partial charge in [-0.2, -0.15) is 0 Å². The molecule has 0 saturated carbocycles. The third kappa shape index (κ3) is 2.54. The van der Waals surface area contributed by atoms with Crippen LogP contribution in [-0.4, -0.2) is 9.97 Å². The van der Waals surface area contributed by atoms with Crippen LogP contribution in [0.1, 0.15) is 0 Å². The minimum Gasteiger partial charge on any atom is -0.399 e. The lowest BCUT2D eigenvalue weighted by Gasteiger charge is -2.03. The van der Waals surface area contributed by atoms with Gasteiger partial charge in [0.1, 0.15) is 11.6 Å². The van der Waals surface area contributed by atoms with E-state index in [0.29, 0.717) is 22.5 Å². The van der Waals surface area contributed by atoms with Gasteiger partial charge in [-0.3, -0.25) is 0 Å². The molecule has 0 aliphatic rings. The van der Waals surface area contributed by atoms with Gasteiger partial charge in [-0.25, -0.2) is 9.97 Å². The molecule has 6 N–H and O–H groups in total. The quantitative estimate of drug-likeness (QED) is 0.534. The summed E-state index contributed by atoms with van der Waals surface area (Å²) in [6.45, 7) is 0. The van der Waals surface area contributed by atoms with E-state index in [1.807, 2.05) is 24.3 Å². The van der Waals surface area contributed by atoms with Crippen LogP contribution in [-0.2, 0) is 0 Å². The number of hydrogen-bond acceptors (Lipinski definition) is 6. The molecular formula is C10H11N5S. The fraction of sp³-hybridized carbons (Fsp3) is 0. The molecule has 2 rings (SSSR count). The summed E-state index contributed by atoms with van der Waals surface area (Å²) in [6.07, 6.45) is 0. The largest absolute Gasteiger partial charge is 0.399 e. The number of anilines is 3. The van der Waals surface area contributed by atoms with Crippen molar-refractivity contribution in [2.75, 3.05) is 17.2 Å². The highest BCUT2D eigenvalue weighted by Gasteiger charge is 2.03. The number of rotatable bonds is 2. The highest BCUT2D eigenvalue weighted by atomic mass is 32.2. The summed E-state index contributed by atoms with van der Waals surface area (Å²) < 4.78 is 0. The molecule has 0 fully saturated rings. The molecule has 0 aliphatic heterocycles. The molecule has 2 aromatic rings. The van der Waals surface area contributed by atoms with Crippen LogP contribution in [0.3, 0.4) is 0 Å². The molecule has 82 valence electrons. The van der Waals surface area contributed by atoms with Crippen molar-refractivity contribution in [1.82, 2.24) is 9.97 Å². The van der Waals surface area contributed by atoms with Gasteiger partial charge in [0.25, 0.3) is 0 Å². The van der Waals surface area contributed by atoms with Gasteiger partial charge in [-0.15, -0.1) is 0 Å². The smallest absolute Gasteiger partial charge is 0.196 e. The fourth-order valence-electron chi connectivity index (χ4n) is 1.19. The molecule has 1 aromatic heterocycles. The monoisotopic (exact) mass is 233 g/mol. The van der Waals surface area contributed by atoms with E-state index in [4.69, 9.17) is 17.2 Å². The Bertz CT molecular complexity index is 494. The van der Waals surface area contributed by atoms with Crippen molar-refractivity contribution in [2.45, 2.75) is 10.1 Å². The van der Waals surface area contributed by atoms with Crippen LogP contribution in [0.15, 0.2) is 40.4 Å². The summed E-state index contributed by atoms with van der Waals surface area (Å²) in [4.78, 5) is 9.08. The van der Waals surface area contributed by atoms with Crippen molar-refractivity contribution in [1.29, 1.82) is 0 Å². The average Bonchev–Trinajstić information content (AvgIpc) is 2.15. The molecule has 0 spiro atoms. The summed E-state index contributed by atoms with van der Waals surface area (Å²) in [6, 6.07) is 8.96. The van der Waals surface area contributed by atoms with E-state index in [1.165, 1.54) is 17.8 Å². The second kappa shape index (κ2) is 4.28. The first-order valence-electron chi connectivity index (χ1n) is 4.57. The lowest BCUT2D eigenvalue weighted by Crippen LogP contribution is -1.98. The molecule has 1 heterocycles. The molecule has 0 aliphatic carbocycles. The molecule has 0 atom stereocenters. The minimum atomic E-state index is 0.360. The van der Waals surface area contributed by atoms with Crippen molar-refractivity contribution in [2.24, 2.45) is 0 Å². The van der Waals surface area contributed by atoms with E-state index >= 15 is 0 Å². The Hall–Kier alpha value is -1.95. The zero-order chi connectivity index (χ0) is 11.5. The summed E-state index contributed by atoms with van der Waals surface area (Å²) in [5.74, 6) is 0.720. The van der Waals surface area contributed by atoms with Gasteiger partial charge >= 0.3 is 0 Å². The second-order valence-corrected chi connectivity index (χ2v) is 4.22. The van der Waals surface area contributed by atoms with Crippen LogP contribution in [0.25, 0.3) is 0 Å². The zero-order valence-corrected chi connectivity index (χ0v) is 9.24. The Kier molecular flexibility index (Phi) is 2.82. The molecule has 6 heteroatoms. The highest BCUT2D eigenvalue weighted by molar-refractivity contribution is 7.99. The predicted molar refractivity (Wildman–Crippen MR) is 65.8 cm³/mol.